The molecule has 150 valence electrons. The first-order valence-electron chi connectivity index (χ1n) is 10.2. The van der Waals surface area contributed by atoms with E-state index < -0.39 is 6.10 Å². The maximum absolute atomic E-state index is 11.0. The van der Waals surface area contributed by atoms with Gasteiger partial charge in [0.1, 0.15) is 0 Å². The van der Waals surface area contributed by atoms with Gasteiger partial charge in [0.15, 0.2) is 0 Å². The van der Waals surface area contributed by atoms with E-state index in [0.717, 1.165) is 56.7 Å². The average Bonchev–Trinajstić information content (AvgIpc) is 2.73. The van der Waals surface area contributed by atoms with Crippen LogP contribution in [-0.4, -0.2) is 48.6 Å². The highest BCUT2D eigenvalue weighted by atomic mass is 16.3. The van der Waals surface area contributed by atoms with Gasteiger partial charge < -0.3 is 15.3 Å². The molecule has 2 N–H and O–H groups in total. The van der Waals surface area contributed by atoms with E-state index >= 15 is 0 Å². The molecule has 1 saturated heterocycles. The summed E-state index contributed by atoms with van der Waals surface area (Å²) >= 11 is 0. The van der Waals surface area contributed by atoms with E-state index in [4.69, 9.17) is 0 Å². The van der Waals surface area contributed by atoms with Gasteiger partial charge in [0.2, 0.25) is 5.91 Å². The zero-order chi connectivity index (χ0) is 19.8. The molecule has 3 rings (SSSR count). The molecule has 1 atom stereocenters. The number of para-hydroxylation sites is 1. The fraction of sp³-hybridized carbons (Fsp3) is 0.435. The lowest BCUT2D eigenvalue weighted by molar-refractivity contribution is -0.119. The van der Waals surface area contributed by atoms with Crippen LogP contribution >= 0.6 is 0 Å². The smallest absolute Gasteiger partial charge is 0.217 e. The third kappa shape index (κ3) is 6.08. The average molecular weight is 382 g/mol. The van der Waals surface area contributed by atoms with Crippen LogP contribution in [0.3, 0.4) is 0 Å². The number of nitrogens with zero attached hydrogens (tertiary/aromatic N) is 2. The number of hydrogen-bond donors (Lipinski definition) is 2. The van der Waals surface area contributed by atoms with Crippen LogP contribution in [0.2, 0.25) is 0 Å². The van der Waals surface area contributed by atoms with Gasteiger partial charge in [0.05, 0.1) is 6.10 Å². The zero-order valence-electron chi connectivity index (χ0n) is 16.7. The number of aliphatic hydroxyl groups is 1. The Kier molecular flexibility index (Phi) is 7.46. The quantitative estimate of drug-likeness (QED) is 0.738. The molecule has 0 spiro atoms. The second kappa shape index (κ2) is 10.2. The summed E-state index contributed by atoms with van der Waals surface area (Å²) in [4.78, 5) is 15.9. The molecule has 2 aromatic rings. The molecule has 1 aliphatic heterocycles. The van der Waals surface area contributed by atoms with E-state index in [1.165, 1.54) is 12.6 Å². The predicted molar refractivity (Wildman–Crippen MR) is 113 cm³/mol. The summed E-state index contributed by atoms with van der Waals surface area (Å²) in [7, 11) is 0. The Morgan fingerprint density at radius 1 is 1.04 bits per heavy atom. The van der Waals surface area contributed by atoms with Gasteiger partial charge in [-0.25, -0.2) is 0 Å². The van der Waals surface area contributed by atoms with Crippen LogP contribution in [0.15, 0.2) is 54.6 Å². The number of nitrogens with one attached hydrogen (secondary N) is 1. The number of benzene rings is 2. The third-order valence-electron chi connectivity index (χ3n) is 5.35. The van der Waals surface area contributed by atoms with Gasteiger partial charge in [-0.05, 0) is 42.6 Å². The van der Waals surface area contributed by atoms with Crippen LogP contribution in [0.1, 0.15) is 37.0 Å². The largest absolute Gasteiger partial charge is 0.388 e. The van der Waals surface area contributed by atoms with Crippen LogP contribution in [0.4, 0.5) is 5.69 Å². The minimum atomic E-state index is -0.430. The standard InChI is InChI=1S/C23H31N3O2/c1-19(27)24-18-20-9-11-21(12-10-20)23(28)8-5-13-25-14-16-26(17-15-25)22-6-3-2-4-7-22/h2-4,6-7,9-12,23,28H,5,8,13-18H2,1H3,(H,24,27). The predicted octanol–water partition coefficient (Wildman–Crippen LogP) is 2.96. The number of aliphatic hydroxyl groups excluding tert-OH is 1. The summed E-state index contributed by atoms with van der Waals surface area (Å²) in [5.74, 6) is -0.0336. The van der Waals surface area contributed by atoms with Gasteiger partial charge in [-0.1, -0.05) is 42.5 Å². The lowest BCUT2D eigenvalue weighted by Crippen LogP contribution is -2.46. The van der Waals surface area contributed by atoms with Crippen molar-refractivity contribution in [2.24, 2.45) is 0 Å². The Morgan fingerprint density at radius 2 is 1.71 bits per heavy atom. The highest BCUT2D eigenvalue weighted by molar-refractivity contribution is 5.72. The van der Waals surface area contributed by atoms with E-state index in [1.54, 1.807) is 0 Å². The van der Waals surface area contributed by atoms with Crippen molar-refractivity contribution < 1.29 is 9.90 Å². The van der Waals surface area contributed by atoms with Crippen molar-refractivity contribution in [3.8, 4) is 0 Å². The number of piperazine rings is 1. The van der Waals surface area contributed by atoms with Gasteiger partial charge in [0, 0.05) is 45.3 Å². The van der Waals surface area contributed by atoms with Gasteiger partial charge in [-0.3, -0.25) is 9.69 Å². The maximum Gasteiger partial charge on any atom is 0.217 e. The van der Waals surface area contributed by atoms with Gasteiger partial charge in [-0.2, -0.15) is 0 Å². The summed E-state index contributed by atoms with van der Waals surface area (Å²) in [6.45, 7) is 7.33. The SMILES string of the molecule is CC(=O)NCc1ccc(C(O)CCCN2CCN(c3ccccc3)CC2)cc1. The van der Waals surface area contributed by atoms with Crippen molar-refractivity contribution in [1.82, 2.24) is 10.2 Å². The van der Waals surface area contributed by atoms with Crippen molar-refractivity contribution in [1.29, 1.82) is 0 Å². The molecule has 1 unspecified atom stereocenters. The molecular weight excluding hydrogens is 350 g/mol. The van der Waals surface area contributed by atoms with Crippen LogP contribution < -0.4 is 10.2 Å². The molecule has 1 amide bonds. The normalized spacial score (nSPS) is 16.0. The number of amides is 1. The summed E-state index contributed by atoms with van der Waals surface area (Å²) in [6, 6.07) is 18.4. The number of carbonyl (C=O) groups excluding carboxylic acids is 1. The Morgan fingerprint density at radius 3 is 2.36 bits per heavy atom. The Hall–Kier alpha value is -2.37. The number of anilines is 1. The molecule has 1 heterocycles. The number of hydrogen-bond acceptors (Lipinski definition) is 4. The molecule has 1 aliphatic rings. The molecule has 28 heavy (non-hydrogen) atoms. The van der Waals surface area contributed by atoms with Crippen LogP contribution in [0.25, 0.3) is 0 Å². The first-order valence-corrected chi connectivity index (χ1v) is 10.2. The Balaban J connectivity index is 1.36. The molecule has 0 aromatic heterocycles. The summed E-state index contributed by atoms with van der Waals surface area (Å²) in [6.07, 6.45) is 1.32. The van der Waals surface area contributed by atoms with Gasteiger partial charge >= 0.3 is 0 Å². The van der Waals surface area contributed by atoms with Crippen molar-refractivity contribution in [2.75, 3.05) is 37.6 Å². The highest BCUT2D eigenvalue weighted by Crippen LogP contribution is 2.20. The van der Waals surface area contributed by atoms with Gasteiger partial charge in [-0.15, -0.1) is 0 Å². The third-order valence-corrected chi connectivity index (χ3v) is 5.35. The highest BCUT2D eigenvalue weighted by Gasteiger charge is 2.17. The topological polar surface area (TPSA) is 55.8 Å². The van der Waals surface area contributed by atoms with Crippen molar-refractivity contribution in [3.63, 3.8) is 0 Å². The molecule has 5 heteroatoms. The Labute approximate surface area is 168 Å². The summed E-state index contributed by atoms with van der Waals surface area (Å²) in [5.41, 5.74) is 3.29. The van der Waals surface area contributed by atoms with Gasteiger partial charge in [0.25, 0.3) is 0 Å². The Bertz CT molecular complexity index is 725. The van der Waals surface area contributed by atoms with Crippen molar-refractivity contribution in [2.45, 2.75) is 32.4 Å². The van der Waals surface area contributed by atoms with E-state index in [1.807, 2.05) is 24.3 Å². The van der Waals surface area contributed by atoms with Crippen molar-refractivity contribution in [3.05, 3.63) is 65.7 Å². The molecule has 0 bridgehead atoms. The van der Waals surface area contributed by atoms with E-state index in [9.17, 15) is 9.90 Å². The second-order valence-corrected chi connectivity index (χ2v) is 7.47. The fourth-order valence-corrected chi connectivity index (χ4v) is 3.63. The maximum atomic E-state index is 11.0. The van der Waals surface area contributed by atoms with Crippen LogP contribution in [0, 0.1) is 0 Å². The minimum Gasteiger partial charge on any atom is -0.388 e. The fourth-order valence-electron chi connectivity index (χ4n) is 3.63. The lowest BCUT2D eigenvalue weighted by Gasteiger charge is -2.36. The lowest BCUT2D eigenvalue weighted by atomic mass is 10.0. The molecule has 2 aromatic carbocycles. The van der Waals surface area contributed by atoms with E-state index in [0.29, 0.717) is 6.54 Å². The van der Waals surface area contributed by atoms with Crippen molar-refractivity contribution >= 4 is 11.6 Å². The summed E-state index contributed by atoms with van der Waals surface area (Å²) in [5, 5.41) is 13.2. The minimum absolute atomic E-state index is 0.0336. The molecular formula is C23H31N3O2. The zero-order valence-corrected chi connectivity index (χ0v) is 16.7. The second-order valence-electron chi connectivity index (χ2n) is 7.47. The number of rotatable bonds is 8. The molecule has 0 radical (unpaired) electrons. The van der Waals surface area contributed by atoms with E-state index in [2.05, 4.69) is 45.4 Å². The molecule has 0 aliphatic carbocycles. The number of carbonyl (C=O) groups is 1. The summed E-state index contributed by atoms with van der Waals surface area (Å²) < 4.78 is 0. The molecule has 0 saturated carbocycles. The molecule has 5 nitrogen and oxygen atoms in total. The van der Waals surface area contributed by atoms with Crippen LogP contribution in [-0.2, 0) is 11.3 Å². The first kappa shape index (κ1) is 20.4. The molecule has 1 fully saturated rings. The van der Waals surface area contributed by atoms with E-state index in [-0.39, 0.29) is 5.91 Å². The monoisotopic (exact) mass is 381 g/mol. The first-order chi connectivity index (χ1) is 13.6. The van der Waals surface area contributed by atoms with Crippen LogP contribution in [0.5, 0.6) is 0 Å².